The summed E-state index contributed by atoms with van der Waals surface area (Å²) in [6.07, 6.45) is 0.310. The van der Waals surface area contributed by atoms with Crippen LogP contribution < -0.4 is 16.4 Å². The summed E-state index contributed by atoms with van der Waals surface area (Å²) in [4.78, 5) is 25.4. The molecule has 1 aromatic rings. The first-order valence-electron chi connectivity index (χ1n) is 7.01. The number of likely N-dealkylation sites (N-methyl/N-ethyl adjacent to an activating group) is 1. The fraction of sp³-hybridized carbons (Fsp3) is 0.467. The number of carbonyl (C=O) groups excluding carboxylic acids is 2. The number of carbonyl (C=O) groups is 2. The standard InChI is InChI=1S/C15H24N4O2.2ClH/c1-19(2)9-8-17-15(21)13-5-3-4-12(10-13)11-18-14(20)6-7-16;;/h3-5,10H,6-9,11,16H2,1-2H3,(H,17,21)(H,18,20);2*1H. The third-order valence-corrected chi connectivity index (χ3v) is 2.89. The molecule has 0 unspecified atom stereocenters. The molecule has 4 N–H and O–H groups in total. The summed E-state index contributed by atoms with van der Waals surface area (Å²) in [5.74, 6) is -0.190. The molecule has 6 nitrogen and oxygen atoms in total. The monoisotopic (exact) mass is 364 g/mol. The molecule has 0 aromatic heterocycles. The summed E-state index contributed by atoms with van der Waals surface area (Å²) >= 11 is 0. The molecule has 8 heteroatoms. The van der Waals surface area contributed by atoms with Gasteiger partial charge in [-0.1, -0.05) is 12.1 Å². The lowest BCUT2D eigenvalue weighted by molar-refractivity contribution is -0.121. The third-order valence-electron chi connectivity index (χ3n) is 2.89. The van der Waals surface area contributed by atoms with E-state index < -0.39 is 0 Å². The van der Waals surface area contributed by atoms with Crippen molar-refractivity contribution in [1.29, 1.82) is 0 Å². The van der Waals surface area contributed by atoms with Gasteiger partial charge in [-0.2, -0.15) is 0 Å². The Labute approximate surface area is 150 Å². The average Bonchev–Trinajstić information content (AvgIpc) is 2.45. The molecule has 23 heavy (non-hydrogen) atoms. The van der Waals surface area contributed by atoms with Crippen LogP contribution in [-0.4, -0.2) is 50.4 Å². The van der Waals surface area contributed by atoms with E-state index in [1.54, 1.807) is 12.1 Å². The van der Waals surface area contributed by atoms with E-state index in [1.165, 1.54) is 0 Å². The van der Waals surface area contributed by atoms with Crippen molar-refractivity contribution >= 4 is 36.6 Å². The summed E-state index contributed by atoms with van der Waals surface area (Å²) in [6, 6.07) is 7.23. The second-order valence-corrected chi connectivity index (χ2v) is 5.07. The zero-order chi connectivity index (χ0) is 15.7. The lowest BCUT2D eigenvalue weighted by atomic mass is 10.1. The maximum atomic E-state index is 12.0. The van der Waals surface area contributed by atoms with Crippen LogP contribution in [0.2, 0.25) is 0 Å². The van der Waals surface area contributed by atoms with Gasteiger partial charge in [0.05, 0.1) is 0 Å². The molecule has 0 spiro atoms. The van der Waals surface area contributed by atoms with Crippen LogP contribution in [-0.2, 0) is 11.3 Å². The SMILES string of the molecule is CN(C)CCNC(=O)c1cccc(CNC(=O)CCN)c1.Cl.Cl. The van der Waals surface area contributed by atoms with Crippen LogP contribution in [0.25, 0.3) is 0 Å². The van der Waals surface area contributed by atoms with E-state index in [1.807, 2.05) is 31.1 Å². The molecule has 0 saturated heterocycles. The summed E-state index contributed by atoms with van der Waals surface area (Å²) in [5, 5.41) is 5.63. The molecule has 0 heterocycles. The van der Waals surface area contributed by atoms with E-state index in [-0.39, 0.29) is 36.6 Å². The van der Waals surface area contributed by atoms with Crippen molar-refractivity contribution in [3.05, 3.63) is 35.4 Å². The number of nitrogens with two attached hydrogens (primary N) is 1. The molecule has 0 aliphatic heterocycles. The second kappa shape index (κ2) is 13.1. The molecule has 132 valence electrons. The van der Waals surface area contributed by atoms with Crippen molar-refractivity contribution in [2.45, 2.75) is 13.0 Å². The van der Waals surface area contributed by atoms with Crippen molar-refractivity contribution in [3.8, 4) is 0 Å². The molecule has 0 radical (unpaired) electrons. The van der Waals surface area contributed by atoms with E-state index in [2.05, 4.69) is 10.6 Å². The Kier molecular flexibility index (Phi) is 13.7. The van der Waals surface area contributed by atoms with Gasteiger partial charge in [-0.3, -0.25) is 9.59 Å². The number of nitrogens with one attached hydrogen (secondary N) is 2. The zero-order valence-electron chi connectivity index (χ0n) is 13.5. The highest BCUT2D eigenvalue weighted by atomic mass is 35.5. The van der Waals surface area contributed by atoms with Crippen molar-refractivity contribution in [2.24, 2.45) is 5.73 Å². The van der Waals surface area contributed by atoms with E-state index >= 15 is 0 Å². The third kappa shape index (κ3) is 10.1. The summed E-state index contributed by atoms with van der Waals surface area (Å²) in [6.45, 7) is 2.13. The van der Waals surface area contributed by atoms with Crippen molar-refractivity contribution in [1.82, 2.24) is 15.5 Å². The van der Waals surface area contributed by atoms with Crippen LogP contribution in [0.5, 0.6) is 0 Å². The van der Waals surface area contributed by atoms with Gasteiger partial charge in [0.2, 0.25) is 5.91 Å². The Morgan fingerprint density at radius 1 is 1.17 bits per heavy atom. The lowest BCUT2D eigenvalue weighted by Crippen LogP contribution is -2.31. The van der Waals surface area contributed by atoms with Gasteiger partial charge in [0.1, 0.15) is 0 Å². The second-order valence-electron chi connectivity index (χ2n) is 5.07. The van der Waals surface area contributed by atoms with Crippen LogP contribution in [0, 0.1) is 0 Å². The van der Waals surface area contributed by atoms with Crippen molar-refractivity contribution in [2.75, 3.05) is 33.7 Å². The number of benzene rings is 1. The summed E-state index contributed by atoms with van der Waals surface area (Å²) < 4.78 is 0. The molecule has 0 saturated carbocycles. The fourth-order valence-corrected chi connectivity index (χ4v) is 1.74. The molecular weight excluding hydrogens is 339 g/mol. The van der Waals surface area contributed by atoms with Crippen molar-refractivity contribution in [3.63, 3.8) is 0 Å². The van der Waals surface area contributed by atoms with Gasteiger partial charge in [-0.15, -0.1) is 24.8 Å². The molecule has 0 bridgehead atoms. The maximum Gasteiger partial charge on any atom is 0.251 e. The summed E-state index contributed by atoms with van der Waals surface area (Å²) in [5.41, 5.74) is 6.80. The maximum absolute atomic E-state index is 12.0. The fourth-order valence-electron chi connectivity index (χ4n) is 1.74. The number of hydrogen-bond acceptors (Lipinski definition) is 4. The quantitative estimate of drug-likeness (QED) is 0.636. The van der Waals surface area contributed by atoms with E-state index in [0.717, 1.165) is 12.1 Å². The number of rotatable bonds is 8. The number of amides is 2. The van der Waals surface area contributed by atoms with Crippen LogP contribution in [0.4, 0.5) is 0 Å². The number of halogens is 2. The van der Waals surface area contributed by atoms with E-state index in [0.29, 0.717) is 31.6 Å². The normalized spacial score (nSPS) is 9.57. The van der Waals surface area contributed by atoms with Gasteiger partial charge in [0, 0.05) is 38.2 Å². The highest BCUT2D eigenvalue weighted by molar-refractivity contribution is 5.94. The topological polar surface area (TPSA) is 87.5 Å². The Morgan fingerprint density at radius 2 is 1.87 bits per heavy atom. The molecular formula is C15H26Cl2N4O2. The largest absolute Gasteiger partial charge is 0.352 e. The predicted molar refractivity (Wildman–Crippen MR) is 97.3 cm³/mol. The minimum Gasteiger partial charge on any atom is -0.352 e. The summed E-state index contributed by atoms with van der Waals surface area (Å²) in [7, 11) is 3.91. The van der Waals surface area contributed by atoms with Gasteiger partial charge >= 0.3 is 0 Å². The molecule has 1 aromatic carbocycles. The minimum absolute atomic E-state index is 0. The molecule has 2 amide bonds. The Balaban J connectivity index is 0. The van der Waals surface area contributed by atoms with Crippen LogP contribution in [0.1, 0.15) is 22.3 Å². The van der Waals surface area contributed by atoms with E-state index in [4.69, 9.17) is 5.73 Å². The lowest BCUT2D eigenvalue weighted by Gasteiger charge is -2.11. The first-order valence-corrected chi connectivity index (χ1v) is 7.01. The van der Waals surface area contributed by atoms with Crippen LogP contribution in [0.15, 0.2) is 24.3 Å². The molecule has 0 aliphatic carbocycles. The zero-order valence-corrected chi connectivity index (χ0v) is 15.1. The smallest absolute Gasteiger partial charge is 0.251 e. The van der Waals surface area contributed by atoms with Gasteiger partial charge in [0.25, 0.3) is 5.91 Å². The molecule has 0 fully saturated rings. The molecule has 0 atom stereocenters. The van der Waals surface area contributed by atoms with Gasteiger partial charge in [-0.05, 0) is 31.8 Å². The minimum atomic E-state index is -0.105. The van der Waals surface area contributed by atoms with Crippen molar-refractivity contribution < 1.29 is 9.59 Å². The predicted octanol–water partition coefficient (Wildman–Crippen LogP) is 0.787. The number of hydrogen-bond donors (Lipinski definition) is 3. The van der Waals surface area contributed by atoms with Gasteiger partial charge in [0.15, 0.2) is 0 Å². The van der Waals surface area contributed by atoms with E-state index in [9.17, 15) is 9.59 Å². The average molecular weight is 365 g/mol. The first kappa shape index (κ1) is 23.9. The Bertz CT molecular complexity index is 484. The highest BCUT2D eigenvalue weighted by Gasteiger charge is 2.06. The molecule has 0 aliphatic rings. The first-order chi connectivity index (χ1) is 10.0. The van der Waals surface area contributed by atoms with Gasteiger partial charge in [-0.25, -0.2) is 0 Å². The Hall–Kier alpha value is -1.34. The van der Waals surface area contributed by atoms with Crippen LogP contribution >= 0.6 is 24.8 Å². The highest BCUT2D eigenvalue weighted by Crippen LogP contribution is 2.05. The molecule has 1 rings (SSSR count). The van der Waals surface area contributed by atoms with Crippen LogP contribution in [0.3, 0.4) is 0 Å². The van der Waals surface area contributed by atoms with Gasteiger partial charge < -0.3 is 21.3 Å². The number of nitrogens with zero attached hydrogens (tertiary/aromatic N) is 1. The Morgan fingerprint density at radius 3 is 2.48 bits per heavy atom.